The van der Waals surface area contributed by atoms with Crippen LogP contribution >= 0.6 is 15.9 Å². The third-order valence-electron chi connectivity index (χ3n) is 1.53. The zero-order chi connectivity index (χ0) is 13.2. The van der Waals surface area contributed by atoms with Gasteiger partial charge in [0.1, 0.15) is 0 Å². The summed E-state index contributed by atoms with van der Waals surface area (Å²) in [7, 11) is 0. The Kier molecular flexibility index (Phi) is 3.86. The molecular weight excluding hydrogens is 316 g/mol. The molecular formula is C7H3BrF4N2O3. The van der Waals surface area contributed by atoms with Gasteiger partial charge in [-0.1, -0.05) is 15.9 Å². The van der Waals surface area contributed by atoms with Gasteiger partial charge in [-0.3, -0.25) is 10.1 Å². The third kappa shape index (κ3) is 3.51. The minimum absolute atomic E-state index is 0.203. The molecule has 94 valence electrons. The smallest absolute Gasteiger partial charge is 0.381 e. The van der Waals surface area contributed by atoms with E-state index in [1.165, 1.54) is 0 Å². The van der Waals surface area contributed by atoms with Gasteiger partial charge < -0.3 is 4.74 Å². The molecule has 17 heavy (non-hydrogen) atoms. The summed E-state index contributed by atoms with van der Waals surface area (Å²) in [5, 5.41) is 10.2. The average molecular weight is 319 g/mol. The second-order valence-corrected chi connectivity index (χ2v) is 3.24. The van der Waals surface area contributed by atoms with Gasteiger partial charge in [-0.25, -0.2) is 9.37 Å². The lowest BCUT2D eigenvalue weighted by atomic mass is 10.3. The maximum Gasteiger partial charge on any atom is 0.574 e. The van der Waals surface area contributed by atoms with Gasteiger partial charge in [-0.2, -0.15) is 0 Å². The molecule has 0 saturated carbocycles. The molecule has 1 aromatic rings. The molecule has 0 unspecified atom stereocenters. The predicted octanol–water partition coefficient (Wildman–Crippen LogP) is 2.92. The first-order valence-electron chi connectivity index (χ1n) is 3.90. The molecule has 0 bridgehead atoms. The van der Waals surface area contributed by atoms with Crippen molar-refractivity contribution >= 4 is 21.6 Å². The summed E-state index contributed by atoms with van der Waals surface area (Å²) < 4.78 is 52.2. The highest BCUT2D eigenvalue weighted by Gasteiger charge is 2.36. The highest BCUT2D eigenvalue weighted by atomic mass is 79.9. The predicted molar refractivity (Wildman–Crippen MR) is 50.2 cm³/mol. The zero-order valence-electron chi connectivity index (χ0n) is 7.79. The van der Waals surface area contributed by atoms with E-state index in [0.717, 1.165) is 0 Å². The van der Waals surface area contributed by atoms with Gasteiger partial charge in [0, 0.05) is 5.33 Å². The Balaban J connectivity index is 3.29. The van der Waals surface area contributed by atoms with E-state index in [1.807, 2.05) is 0 Å². The van der Waals surface area contributed by atoms with Gasteiger partial charge in [-0.15, -0.1) is 13.2 Å². The zero-order valence-corrected chi connectivity index (χ0v) is 9.38. The Morgan fingerprint density at radius 1 is 1.53 bits per heavy atom. The van der Waals surface area contributed by atoms with Crippen molar-refractivity contribution in [2.45, 2.75) is 11.7 Å². The minimum Gasteiger partial charge on any atom is -0.381 e. The largest absolute Gasteiger partial charge is 0.574 e. The number of hydrogen-bond acceptors (Lipinski definition) is 4. The third-order valence-corrected chi connectivity index (χ3v) is 2.06. The molecule has 0 aliphatic carbocycles. The van der Waals surface area contributed by atoms with Crippen molar-refractivity contribution in [3.63, 3.8) is 0 Å². The van der Waals surface area contributed by atoms with Gasteiger partial charge in [0.05, 0.1) is 16.7 Å². The summed E-state index contributed by atoms with van der Waals surface area (Å²) in [6.45, 7) is 0. The molecule has 1 heterocycles. The van der Waals surface area contributed by atoms with Gasteiger partial charge in [0.25, 0.3) is 0 Å². The summed E-state index contributed by atoms with van der Waals surface area (Å²) in [5.74, 6) is -2.39. The van der Waals surface area contributed by atoms with Crippen molar-refractivity contribution < 1.29 is 27.2 Å². The van der Waals surface area contributed by atoms with Crippen molar-refractivity contribution in [1.29, 1.82) is 0 Å². The van der Waals surface area contributed by atoms with Crippen LogP contribution in [-0.4, -0.2) is 16.3 Å². The first kappa shape index (κ1) is 13.6. The maximum atomic E-state index is 13.1. The summed E-state index contributed by atoms with van der Waals surface area (Å²) in [6, 6.07) is 0.324. The Labute approximate surface area is 99.7 Å². The van der Waals surface area contributed by atoms with Crippen LogP contribution in [0.25, 0.3) is 0 Å². The average Bonchev–Trinajstić information content (AvgIpc) is 2.17. The number of rotatable bonds is 3. The fourth-order valence-corrected chi connectivity index (χ4v) is 1.30. The van der Waals surface area contributed by atoms with Crippen molar-refractivity contribution in [1.82, 2.24) is 4.98 Å². The lowest BCUT2D eigenvalue weighted by Crippen LogP contribution is -2.19. The first-order chi connectivity index (χ1) is 7.74. The number of halogens is 5. The summed E-state index contributed by atoms with van der Waals surface area (Å²) in [5.41, 5.74) is -1.61. The molecule has 0 saturated heterocycles. The SMILES string of the molecule is O=[N+]([O-])c1cc(F)c(CBr)nc1OC(F)(F)F. The number of ether oxygens (including phenoxy) is 1. The summed E-state index contributed by atoms with van der Waals surface area (Å²) >= 11 is 2.77. The van der Waals surface area contributed by atoms with E-state index in [1.54, 1.807) is 0 Å². The molecule has 0 spiro atoms. The highest BCUT2D eigenvalue weighted by molar-refractivity contribution is 9.08. The van der Waals surface area contributed by atoms with Crippen molar-refractivity contribution in [3.05, 3.63) is 27.7 Å². The molecule has 5 nitrogen and oxygen atoms in total. The number of hydrogen-bond donors (Lipinski definition) is 0. The van der Waals surface area contributed by atoms with Crippen molar-refractivity contribution in [2.75, 3.05) is 0 Å². The molecule has 0 radical (unpaired) electrons. The van der Waals surface area contributed by atoms with Crippen LogP contribution in [-0.2, 0) is 5.33 Å². The molecule has 1 aromatic heterocycles. The van der Waals surface area contributed by atoms with Crippen LogP contribution in [0.2, 0.25) is 0 Å². The number of nitro groups is 1. The molecule has 0 amide bonds. The molecule has 0 aliphatic heterocycles. The van der Waals surface area contributed by atoms with Gasteiger partial charge in [-0.05, 0) is 0 Å². The van der Waals surface area contributed by atoms with Crippen molar-refractivity contribution in [2.24, 2.45) is 0 Å². The van der Waals surface area contributed by atoms with Crippen LogP contribution in [0.3, 0.4) is 0 Å². The molecule has 0 aliphatic rings. The molecule has 1 rings (SSSR count). The second kappa shape index (κ2) is 4.82. The van der Waals surface area contributed by atoms with E-state index in [2.05, 4.69) is 25.7 Å². The second-order valence-electron chi connectivity index (χ2n) is 2.68. The Morgan fingerprint density at radius 3 is 2.53 bits per heavy atom. The van der Waals surface area contributed by atoms with Crippen LogP contribution in [0.1, 0.15) is 5.69 Å². The van der Waals surface area contributed by atoms with Crippen LogP contribution < -0.4 is 4.74 Å². The van der Waals surface area contributed by atoms with E-state index in [4.69, 9.17) is 0 Å². The summed E-state index contributed by atoms with van der Waals surface area (Å²) in [4.78, 5) is 12.3. The van der Waals surface area contributed by atoms with E-state index in [0.29, 0.717) is 6.07 Å². The monoisotopic (exact) mass is 318 g/mol. The highest BCUT2D eigenvalue weighted by Crippen LogP contribution is 2.31. The van der Waals surface area contributed by atoms with Gasteiger partial charge >= 0.3 is 17.9 Å². The molecule has 0 N–H and O–H groups in total. The lowest BCUT2D eigenvalue weighted by Gasteiger charge is -2.09. The molecule has 10 heteroatoms. The van der Waals surface area contributed by atoms with Crippen LogP contribution in [0.15, 0.2) is 6.07 Å². The Bertz CT molecular complexity index is 451. The van der Waals surface area contributed by atoms with Crippen LogP contribution in [0, 0.1) is 15.9 Å². The number of aromatic nitrogens is 1. The quantitative estimate of drug-likeness (QED) is 0.372. The minimum atomic E-state index is -5.14. The topological polar surface area (TPSA) is 65.3 Å². The normalized spacial score (nSPS) is 11.4. The molecule has 0 atom stereocenters. The Hall–Kier alpha value is -1.45. The standard InChI is InChI=1S/C7H3BrF4N2O3/c8-2-4-3(9)1-5(14(15)16)6(13-4)17-7(10,11)12/h1H,2H2. The molecule has 0 aromatic carbocycles. The number of nitrogens with zero attached hydrogens (tertiary/aromatic N) is 2. The van der Waals surface area contributed by atoms with Crippen LogP contribution in [0.5, 0.6) is 5.88 Å². The van der Waals surface area contributed by atoms with Gasteiger partial charge in [0.15, 0.2) is 5.82 Å². The maximum absolute atomic E-state index is 13.1. The molecule has 0 fully saturated rings. The fraction of sp³-hybridized carbons (Fsp3) is 0.286. The number of pyridine rings is 1. The van der Waals surface area contributed by atoms with E-state index in [9.17, 15) is 27.7 Å². The fourth-order valence-electron chi connectivity index (χ4n) is 0.908. The van der Waals surface area contributed by atoms with E-state index >= 15 is 0 Å². The number of alkyl halides is 4. The van der Waals surface area contributed by atoms with Gasteiger partial charge in [0.2, 0.25) is 0 Å². The lowest BCUT2D eigenvalue weighted by molar-refractivity contribution is -0.389. The Morgan fingerprint density at radius 2 is 2.12 bits per heavy atom. The van der Waals surface area contributed by atoms with E-state index in [-0.39, 0.29) is 5.33 Å². The summed E-state index contributed by atoms with van der Waals surface area (Å²) in [6.07, 6.45) is -5.14. The van der Waals surface area contributed by atoms with E-state index < -0.39 is 34.4 Å². The van der Waals surface area contributed by atoms with Crippen LogP contribution in [0.4, 0.5) is 23.2 Å². The first-order valence-corrected chi connectivity index (χ1v) is 5.02. The van der Waals surface area contributed by atoms with Crippen molar-refractivity contribution in [3.8, 4) is 5.88 Å².